The standard InChI is InChI=1S/C26H27Cl2N7O2/c1-29-24(36)16-11-20-21(12-16)35(23(32-20)15-4-5-18(27)19(28)10-15)22-6-8-30-26(33-22)31-17-7-9-34(13-17)25(37)14-2-3-14/h4-6,8,10,14,16-17H,2-3,7,9,11-13H2,1H3,(H,29,36)(H,30,31,33)/t16?,17-/m1/s1. The molecule has 11 heteroatoms. The van der Waals surface area contributed by atoms with Crippen molar-refractivity contribution in [1.29, 1.82) is 0 Å². The lowest BCUT2D eigenvalue weighted by atomic mass is 10.1. The Hall–Kier alpha value is -3.17. The number of hydrogen-bond donors (Lipinski definition) is 2. The number of amides is 2. The topological polar surface area (TPSA) is 105 Å². The first kappa shape index (κ1) is 24.2. The number of anilines is 1. The van der Waals surface area contributed by atoms with Gasteiger partial charge in [0.1, 0.15) is 11.6 Å². The Balaban J connectivity index is 1.32. The molecule has 1 aliphatic heterocycles. The second-order valence-corrected chi connectivity index (χ2v) is 10.8. The summed E-state index contributed by atoms with van der Waals surface area (Å²) in [4.78, 5) is 41.0. The molecule has 0 spiro atoms. The molecule has 2 fully saturated rings. The van der Waals surface area contributed by atoms with Crippen molar-refractivity contribution >= 4 is 41.0 Å². The van der Waals surface area contributed by atoms with E-state index in [4.69, 9.17) is 33.2 Å². The van der Waals surface area contributed by atoms with E-state index in [0.717, 1.165) is 42.8 Å². The van der Waals surface area contributed by atoms with Crippen molar-refractivity contribution in [3.8, 4) is 17.2 Å². The lowest BCUT2D eigenvalue weighted by Gasteiger charge is -2.17. The molecule has 1 aromatic carbocycles. The lowest BCUT2D eigenvalue weighted by molar-refractivity contribution is -0.131. The molecular formula is C26H27Cl2N7O2. The normalized spacial score (nSPS) is 20.7. The Morgan fingerprint density at radius 2 is 1.86 bits per heavy atom. The summed E-state index contributed by atoms with van der Waals surface area (Å²) >= 11 is 12.5. The van der Waals surface area contributed by atoms with E-state index in [2.05, 4.69) is 15.6 Å². The van der Waals surface area contributed by atoms with Crippen LogP contribution in [0.3, 0.4) is 0 Å². The molecular weight excluding hydrogens is 513 g/mol. The van der Waals surface area contributed by atoms with Crippen LogP contribution >= 0.6 is 23.2 Å². The van der Waals surface area contributed by atoms with Crippen molar-refractivity contribution in [2.24, 2.45) is 11.8 Å². The van der Waals surface area contributed by atoms with Crippen molar-refractivity contribution in [2.75, 3.05) is 25.5 Å². The Labute approximate surface area is 224 Å². The molecule has 2 amide bonds. The van der Waals surface area contributed by atoms with Crippen LogP contribution in [-0.4, -0.2) is 62.4 Å². The second-order valence-electron chi connectivity index (χ2n) is 9.94. The molecule has 6 rings (SSSR count). The first-order valence-electron chi connectivity index (χ1n) is 12.6. The van der Waals surface area contributed by atoms with Gasteiger partial charge in [-0.3, -0.25) is 14.2 Å². The number of likely N-dealkylation sites (tertiary alicyclic amines) is 1. The van der Waals surface area contributed by atoms with E-state index < -0.39 is 0 Å². The summed E-state index contributed by atoms with van der Waals surface area (Å²) in [6.07, 6.45) is 5.69. The van der Waals surface area contributed by atoms with E-state index in [1.54, 1.807) is 25.4 Å². The number of nitrogens with zero attached hydrogens (tertiary/aromatic N) is 5. The molecule has 3 aromatic rings. The van der Waals surface area contributed by atoms with Crippen LogP contribution in [0.5, 0.6) is 0 Å². The average Bonchev–Trinajstić information content (AvgIpc) is 3.34. The zero-order chi connectivity index (χ0) is 25.7. The van der Waals surface area contributed by atoms with Crippen molar-refractivity contribution in [2.45, 2.75) is 38.1 Å². The van der Waals surface area contributed by atoms with Crippen LogP contribution in [0.2, 0.25) is 10.0 Å². The maximum absolute atomic E-state index is 12.4. The number of benzene rings is 1. The van der Waals surface area contributed by atoms with E-state index in [1.165, 1.54) is 0 Å². The number of carbonyl (C=O) groups is 2. The zero-order valence-corrected chi connectivity index (χ0v) is 21.9. The van der Waals surface area contributed by atoms with E-state index >= 15 is 0 Å². The predicted molar refractivity (Wildman–Crippen MR) is 141 cm³/mol. The van der Waals surface area contributed by atoms with Crippen LogP contribution in [0.25, 0.3) is 17.2 Å². The molecule has 3 heterocycles. The minimum absolute atomic E-state index is 0.00258. The molecule has 1 saturated carbocycles. The third kappa shape index (κ3) is 4.66. The van der Waals surface area contributed by atoms with Crippen LogP contribution in [-0.2, 0) is 22.4 Å². The summed E-state index contributed by atoms with van der Waals surface area (Å²) in [6, 6.07) is 7.34. The molecule has 2 aromatic heterocycles. The third-order valence-corrected chi connectivity index (χ3v) is 8.10. The molecule has 0 radical (unpaired) electrons. The molecule has 192 valence electrons. The van der Waals surface area contributed by atoms with Crippen molar-refractivity contribution in [1.82, 2.24) is 29.7 Å². The minimum Gasteiger partial charge on any atom is -0.359 e. The highest BCUT2D eigenvalue weighted by molar-refractivity contribution is 6.42. The number of carbonyl (C=O) groups excluding carboxylic acids is 2. The summed E-state index contributed by atoms with van der Waals surface area (Å²) in [5.74, 6) is 2.14. The van der Waals surface area contributed by atoms with E-state index in [1.807, 2.05) is 21.6 Å². The third-order valence-electron chi connectivity index (χ3n) is 7.36. The fourth-order valence-corrected chi connectivity index (χ4v) is 5.57. The van der Waals surface area contributed by atoms with Gasteiger partial charge in [0.15, 0.2) is 0 Å². The predicted octanol–water partition coefficient (Wildman–Crippen LogP) is 3.52. The summed E-state index contributed by atoms with van der Waals surface area (Å²) < 4.78 is 1.99. The van der Waals surface area contributed by atoms with E-state index in [-0.39, 0.29) is 29.7 Å². The first-order chi connectivity index (χ1) is 17.9. The fraction of sp³-hybridized carbons (Fsp3) is 0.423. The Morgan fingerprint density at radius 1 is 1.03 bits per heavy atom. The number of rotatable bonds is 6. The van der Waals surface area contributed by atoms with E-state index in [0.29, 0.717) is 47.0 Å². The fourth-order valence-electron chi connectivity index (χ4n) is 5.27. The Bertz CT molecular complexity index is 1390. The average molecular weight is 540 g/mol. The summed E-state index contributed by atoms with van der Waals surface area (Å²) in [6.45, 7) is 1.41. The van der Waals surface area contributed by atoms with Gasteiger partial charge in [-0.1, -0.05) is 23.2 Å². The van der Waals surface area contributed by atoms with Crippen molar-refractivity contribution in [3.63, 3.8) is 0 Å². The summed E-state index contributed by atoms with van der Waals surface area (Å²) in [5.41, 5.74) is 2.62. The van der Waals surface area contributed by atoms with Gasteiger partial charge in [0, 0.05) is 68.3 Å². The number of imidazole rings is 1. The van der Waals surface area contributed by atoms with Crippen LogP contribution in [0.1, 0.15) is 30.7 Å². The molecule has 2 atom stereocenters. The lowest BCUT2D eigenvalue weighted by Crippen LogP contribution is -2.32. The highest BCUT2D eigenvalue weighted by Gasteiger charge is 2.37. The molecule has 0 bridgehead atoms. The smallest absolute Gasteiger partial charge is 0.225 e. The molecule has 1 saturated heterocycles. The number of hydrogen-bond acceptors (Lipinski definition) is 6. The SMILES string of the molecule is CNC(=O)C1Cc2nc(-c3ccc(Cl)c(Cl)c3)n(-c3ccnc(N[C@@H]4CCN(C(=O)C5CC5)C4)n3)c2C1. The molecule has 9 nitrogen and oxygen atoms in total. The molecule has 37 heavy (non-hydrogen) atoms. The van der Waals surface area contributed by atoms with Gasteiger partial charge in [-0.25, -0.2) is 9.97 Å². The maximum Gasteiger partial charge on any atom is 0.225 e. The van der Waals surface area contributed by atoms with Gasteiger partial charge in [-0.2, -0.15) is 4.98 Å². The number of aromatic nitrogens is 4. The van der Waals surface area contributed by atoms with Gasteiger partial charge >= 0.3 is 0 Å². The van der Waals surface area contributed by atoms with Crippen molar-refractivity contribution in [3.05, 3.63) is 51.9 Å². The monoisotopic (exact) mass is 539 g/mol. The number of fused-ring (bicyclic) bond motifs is 1. The Morgan fingerprint density at radius 3 is 2.62 bits per heavy atom. The second kappa shape index (κ2) is 9.61. The molecule has 2 N–H and O–H groups in total. The highest BCUT2D eigenvalue weighted by atomic mass is 35.5. The Kier molecular flexibility index (Phi) is 6.28. The van der Waals surface area contributed by atoms with Crippen LogP contribution in [0.15, 0.2) is 30.5 Å². The van der Waals surface area contributed by atoms with Gasteiger partial charge in [0.2, 0.25) is 17.8 Å². The van der Waals surface area contributed by atoms with Gasteiger partial charge in [-0.15, -0.1) is 0 Å². The van der Waals surface area contributed by atoms with Crippen molar-refractivity contribution < 1.29 is 9.59 Å². The largest absolute Gasteiger partial charge is 0.359 e. The van der Waals surface area contributed by atoms with Crippen LogP contribution < -0.4 is 10.6 Å². The molecule has 1 unspecified atom stereocenters. The van der Waals surface area contributed by atoms with Crippen LogP contribution in [0.4, 0.5) is 5.95 Å². The number of nitrogens with one attached hydrogen (secondary N) is 2. The van der Waals surface area contributed by atoms with Gasteiger partial charge < -0.3 is 15.5 Å². The van der Waals surface area contributed by atoms with Crippen LogP contribution in [0, 0.1) is 11.8 Å². The molecule has 2 aliphatic carbocycles. The minimum atomic E-state index is -0.176. The van der Waals surface area contributed by atoms with Gasteiger partial charge in [0.25, 0.3) is 0 Å². The summed E-state index contributed by atoms with van der Waals surface area (Å²) in [5, 5.41) is 7.07. The first-order valence-corrected chi connectivity index (χ1v) is 13.3. The zero-order valence-electron chi connectivity index (χ0n) is 20.4. The molecule has 3 aliphatic rings. The highest BCUT2D eigenvalue weighted by Crippen LogP contribution is 2.36. The number of halogens is 2. The van der Waals surface area contributed by atoms with Gasteiger partial charge in [-0.05, 0) is 43.5 Å². The maximum atomic E-state index is 12.4. The van der Waals surface area contributed by atoms with E-state index in [9.17, 15) is 9.59 Å². The van der Waals surface area contributed by atoms with Gasteiger partial charge in [0.05, 0.1) is 15.7 Å². The summed E-state index contributed by atoms with van der Waals surface area (Å²) in [7, 11) is 1.65. The quantitative estimate of drug-likeness (QED) is 0.496.